The average molecular weight is 314 g/mol. The van der Waals surface area contributed by atoms with Gasteiger partial charge in [0.05, 0.1) is 0 Å². The molecule has 2 saturated heterocycles. The fraction of sp³-hybridized carbons (Fsp3) is 0.667. The number of aromatic nitrogens is 3. The number of nitrogens with zero attached hydrogens (tertiary/aromatic N) is 4. The molecule has 2 fully saturated rings. The van der Waals surface area contributed by atoms with Gasteiger partial charge in [-0.25, -0.2) is 9.97 Å². The van der Waals surface area contributed by atoms with Crippen LogP contribution in [-0.4, -0.2) is 45.7 Å². The molecule has 4 rings (SSSR count). The van der Waals surface area contributed by atoms with Crippen LogP contribution >= 0.6 is 0 Å². The summed E-state index contributed by atoms with van der Waals surface area (Å²) >= 11 is 0. The third kappa shape index (κ3) is 2.88. The Hall–Kier alpha value is -1.46. The van der Waals surface area contributed by atoms with Gasteiger partial charge in [0.25, 0.3) is 0 Å². The number of hydrogen-bond donors (Lipinski definition) is 0. The van der Waals surface area contributed by atoms with E-state index < -0.39 is 0 Å². The van der Waals surface area contributed by atoms with Gasteiger partial charge in [0.15, 0.2) is 5.65 Å². The standard InChI is InChI=1S/C18H26N4O/c1-2-21-11-8-14(9-12-21)22-17-15(6-5-10-19-17)20-18(22)16-7-3-4-13-23-16/h5-6,10,14,16H,2-4,7-9,11-13H2,1H3. The second-order valence-electron chi connectivity index (χ2n) is 6.71. The molecule has 0 bridgehead atoms. The predicted octanol–water partition coefficient (Wildman–Crippen LogP) is 3.33. The second-order valence-corrected chi connectivity index (χ2v) is 6.71. The van der Waals surface area contributed by atoms with Crippen molar-refractivity contribution in [3.63, 3.8) is 0 Å². The number of hydrogen-bond acceptors (Lipinski definition) is 4. The van der Waals surface area contributed by atoms with E-state index in [-0.39, 0.29) is 6.10 Å². The zero-order valence-corrected chi connectivity index (χ0v) is 13.9. The molecule has 2 aromatic rings. The van der Waals surface area contributed by atoms with Crippen LogP contribution in [0.4, 0.5) is 0 Å². The second kappa shape index (κ2) is 6.57. The quantitative estimate of drug-likeness (QED) is 0.871. The molecule has 5 nitrogen and oxygen atoms in total. The van der Waals surface area contributed by atoms with Gasteiger partial charge in [-0.05, 0) is 50.8 Å². The monoisotopic (exact) mass is 314 g/mol. The minimum atomic E-state index is 0.141. The number of fused-ring (bicyclic) bond motifs is 1. The van der Waals surface area contributed by atoms with Crippen molar-refractivity contribution in [3.05, 3.63) is 24.2 Å². The number of imidazole rings is 1. The van der Waals surface area contributed by atoms with Gasteiger partial charge in [-0.3, -0.25) is 0 Å². The highest BCUT2D eigenvalue weighted by molar-refractivity contribution is 5.71. The number of pyridine rings is 1. The van der Waals surface area contributed by atoms with Gasteiger partial charge in [-0.15, -0.1) is 0 Å². The van der Waals surface area contributed by atoms with Crippen LogP contribution in [-0.2, 0) is 4.74 Å². The molecule has 0 spiro atoms. The van der Waals surface area contributed by atoms with Crippen LogP contribution < -0.4 is 0 Å². The van der Waals surface area contributed by atoms with E-state index in [0.29, 0.717) is 6.04 Å². The first-order chi connectivity index (χ1) is 11.4. The fourth-order valence-corrected chi connectivity index (χ4v) is 3.97. The lowest BCUT2D eigenvalue weighted by Gasteiger charge is -2.33. The zero-order valence-electron chi connectivity index (χ0n) is 13.9. The van der Waals surface area contributed by atoms with Crippen molar-refractivity contribution in [2.24, 2.45) is 0 Å². The lowest BCUT2D eigenvalue weighted by atomic mass is 10.0. The lowest BCUT2D eigenvalue weighted by Crippen LogP contribution is -2.35. The molecule has 23 heavy (non-hydrogen) atoms. The fourth-order valence-electron chi connectivity index (χ4n) is 3.97. The number of rotatable bonds is 3. The van der Waals surface area contributed by atoms with Gasteiger partial charge in [0.1, 0.15) is 17.4 Å². The van der Waals surface area contributed by atoms with Gasteiger partial charge in [0, 0.05) is 31.9 Å². The van der Waals surface area contributed by atoms with Gasteiger partial charge in [0.2, 0.25) is 0 Å². The minimum absolute atomic E-state index is 0.141. The van der Waals surface area contributed by atoms with Crippen LogP contribution in [0.3, 0.4) is 0 Å². The third-order valence-corrected chi connectivity index (χ3v) is 5.31. The Kier molecular flexibility index (Phi) is 4.31. The molecule has 0 amide bonds. The van der Waals surface area contributed by atoms with Crippen molar-refractivity contribution >= 4 is 11.2 Å². The van der Waals surface area contributed by atoms with Crippen LogP contribution in [0.25, 0.3) is 11.2 Å². The summed E-state index contributed by atoms with van der Waals surface area (Å²) < 4.78 is 8.45. The minimum Gasteiger partial charge on any atom is -0.370 e. The molecule has 0 aromatic carbocycles. The SMILES string of the molecule is CCN1CCC(n2c(C3CCCCO3)nc3cccnc32)CC1. The van der Waals surface area contributed by atoms with E-state index in [1.165, 1.54) is 38.8 Å². The summed E-state index contributed by atoms with van der Waals surface area (Å²) in [6, 6.07) is 4.55. The van der Waals surface area contributed by atoms with E-state index >= 15 is 0 Å². The first-order valence-electron chi connectivity index (χ1n) is 9.03. The van der Waals surface area contributed by atoms with Crippen LogP contribution in [0, 0.1) is 0 Å². The summed E-state index contributed by atoms with van der Waals surface area (Å²) in [5.41, 5.74) is 2.04. The average Bonchev–Trinajstić information content (AvgIpc) is 3.02. The van der Waals surface area contributed by atoms with Crippen LogP contribution in [0.2, 0.25) is 0 Å². The van der Waals surface area contributed by atoms with Crippen LogP contribution in [0.5, 0.6) is 0 Å². The first-order valence-corrected chi connectivity index (χ1v) is 9.03. The van der Waals surface area contributed by atoms with Gasteiger partial charge in [-0.2, -0.15) is 0 Å². The molecule has 2 aromatic heterocycles. The highest BCUT2D eigenvalue weighted by Gasteiger charge is 2.29. The topological polar surface area (TPSA) is 43.2 Å². The summed E-state index contributed by atoms with van der Waals surface area (Å²) in [6.07, 6.45) is 7.86. The van der Waals surface area contributed by atoms with Crippen LogP contribution in [0.15, 0.2) is 18.3 Å². The van der Waals surface area contributed by atoms with Gasteiger partial charge >= 0.3 is 0 Å². The van der Waals surface area contributed by atoms with Crippen molar-refractivity contribution in [2.75, 3.05) is 26.2 Å². The van der Waals surface area contributed by atoms with Crippen molar-refractivity contribution in [1.82, 2.24) is 19.4 Å². The molecule has 4 heterocycles. The molecule has 0 aliphatic carbocycles. The van der Waals surface area contributed by atoms with E-state index in [9.17, 15) is 0 Å². The largest absolute Gasteiger partial charge is 0.370 e. The third-order valence-electron chi connectivity index (χ3n) is 5.31. The molecule has 0 saturated carbocycles. The molecule has 1 unspecified atom stereocenters. The normalized spacial score (nSPS) is 24.3. The highest BCUT2D eigenvalue weighted by atomic mass is 16.5. The Labute approximate surface area is 137 Å². The first kappa shape index (κ1) is 15.1. The summed E-state index contributed by atoms with van der Waals surface area (Å²) in [5.74, 6) is 1.10. The molecule has 1 atom stereocenters. The smallest absolute Gasteiger partial charge is 0.160 e. The number of piperidine rings is 1. The molecule has 0 N–H and O–H groups in total. The van der Waals surface area contributed by atoms with Crippen molar-refractivity contribution < 1.29 is 4.74 Å². The molecular weight excluding hydrogens is 288 g/mol. The molecule has 124 valence electrons. The predicted molar refractivity (Wildman–Crippen MR) is 90.5 cm³/mol. The molecule has 0 radical (unpaired) electrons. The maximum Gasteiger partial charge on any atom is 0.160 e. The Bertz CT molecular complexity index is 654. The highest BCUT2D eigenvalue weighted by Crippen LogP contribution is 2.34. The number of ether oxygens (including phenoxy) is 1. The van der Waals surface area contributed by atoms with E-state index in [1.54, 1.807) is 0 Å². The lowest BCUT2D eigenvalue weighted by molar-refractivity contribution is 0.00593. The Morgan fingerprint density at radius 3 is 2.83 bits per heavy atom. The van der Waals surface area contributed by atoms with Crippen molar-refractivity contribution in [3.8, 4) is 0 Å². The Morgan fingerprint density at radius 1 is 1.22 bits per heavy atom. The summed E-state index contributed by atoms with van der Waals surface area (Å²) in [7, 11) is 0. The maximum absolute atomic E-state index is 6.05. The zero-order chi connectivity index (χ0) is 15.6. The molecule has 5 heteroatoms. The maximum atomic E-state index is 6.05. The van der Waals surface area contributed by atoms with Gasteiger partial charge in [-0.1, -0.05) is 6.92 Å². The van der Waals surface area contributed by atoms with E-state index in [1.807, 2.05) is 12.3 Å². The molecule has 2 aliphatic heterocycles. The Morgan fingerprint density at radius 2 is 2.09 bits per heavy atom. The summed E-state index contributed by atoms with van der Waals surface area (Å²) in [4.78, 5) is 12.1. The van der Waals surface area contributed by atoms with Crippen LogP contribution in [0.1, 0.15) is 57.0 Å². The van der Waals surface area contributed by atoms with E-state index in [0.717, 1.165) is 36.6 Å². The van der Waals surface area contributed by atoms with Crippen molar-refractivity contribution in [2.45, 2.75) is 51.2 Å². The number of likely N-dealkylation sites (tertiary alicyclic amines) is 1. The van der Waals surface area contributed by atoms with E-state index in [4.69, 9.17) is 9.72 Å². The summed E-state index contributed by atoms with van der Waals surface area (Å²) in [6.45, 7) is 6.58. The summed E-state index contributed by atoms with van der Waals surface area (Å²) in [5, 5.41) is 0. The van der Waals surface area contributed by atoms with Crippen molar-refractivity contribution in [1.29, 1.82) is 0 Å². The molecule has 2 aliphatic rings. The van der Waals surface area contributed by atoms with Gasteiger partial charge < -0.3 is 14.2 Å². The Balaban J connectivity index is 1.71. The van der Waals surface area contributed by atoms with E-state index in [2.05, 4.69) is 27.4 Å². The molecular formula is C18H26N4O.